The summed E-state index contributed by atoms with van der Waals surface area (Å²) in [6, 6.07) is 2.10. The van der Waals surface area contributed by atoms with E-state index in [4.69, 9.17) is 21.6 Å². The number of halogens is 1. The monoisotopic (exact) mass is 208 g/mol. The van der Waals surface area contributed by atoms with Gasteiger partial charge in [-0.15, -0.1) is 0 Å². The molecule has 1 aliphatic rings. The Hall–Kier alpha value is -1.11. The molecule has 14 heavy (non-hydrogen) atoms. The zero-order chi connectivity index (χ0) is 10.1. The van der Waals surface area contributed by atoms with Crippen molar-refractivity contribution in [2.75, 3.05) is 6.61 Å². The number of rotatable bonds is 0. The Morgan fingerprint density at radius 1 is 1.50 bits per heavy atom. The topological polar surface area (TPSA) is 45.9 Å². The van der Waals surface area contributed by atoms with Gasteiger partial charge in [0.05, 0.1) is 18.8 Å². The van der Waals surface area contributed by atoms with Gasteiger partial charge in [-0.05, 0) is 18.9 Å². The quantitative estimate of drug-likeness (QED) is 0.613. The van der Waals surface area contributed by atoms with Gasteiger partial charge in [-0.1, -0.05) is 11.6 Å². The lowest BCUT2D eigenvalue weighted by atomic mass is 9.98. The zero-order valence-electron chi connectivity index (χ0n) is 7.80. The van der Waals surface area contributed by atoms with E-state index in [9.17, 15) is 0 Å². The van der Waals surface area contributed by atoms with E-state index in [1.807, 2.05) is 6.92 Å². The van der Waals surface area contributed by atoms with Crippen molar-refractivity contribution in [3.05, 3.63) is 27.5 Å². The smallest absolute Gasteiger partial charge is 0.147 e. The predicted octanol–water partition coefficient (Wildman–Crippen LogP) is 1.99. The first-order chi connectivity index (χ1) is 6.74. The molecular weight excluding hydrogens is 200 g/mol. The standard InChI is InChI=1S/C10H9ClN2O/c1-6-9-5-14-3-2-7(9)8(4-12)10(11)13-6/h2-3,5H2,1H3. The van der Waals surface area contributed by atoms with Crippen LogP contribution in [-0.2, 0) is 17.8 Å². The van der Waals surface area contributed by atoms with Gasteiger partial charge in [0, 0.05) is 11.3 Å². The summed E-state index contributed by atoms with van der Waals surface area (Å²) in [4.78, 5) is 4.12. The second-order valence-corrected chi connectivity index (χ2v) is 3.59. The van der Waals surface area contributed by atoms with E-state index < -0.39 is 0 Å². The fraction of sp³-hybridized carbons (Fsp3) is 0.400. The van der Waals surface area contributed by atoms with Gasteiger partial charge in [0.15, 0.2) is 0 Å². The minimum atomic E-state index is 0.311. The lowest BCUT2D eigenvalue weighted by Gasteiger charge is -2.19. The van der Waals surface area contributed by atoms with E-state index >= 15 is 0 Å². The van der Waals surface area contributed by atoms with Crippen molar-refractivity contribution >= 4 is 11.6 Å². The fourth-order valence-electron chi connectivity index (χ4n) is 1.69. The van der Waals surface area contributed by atoms with Gasteiger partial charge >= 0.3 is 0 Å². The summed E-state index contributed by atoms with van der Waals surface area (Å²) >= 11 is 5.89. The summed E-state index contributed by atoms with van der Waals surface area (Å²) in [6.45, 7) is 3.09. The maximum absolute atomic E-state index is 8.95. The fourth-order valence-corrected chi connectivity index (χ4v) is 1.98. The van der Waals surface area contributed by atoms with Crippen LogP contribution in [0.2, 0.25) is 5.15 Å². The second kappa shape index (κ2) is 3.56. The molecule has 2 heterocycles. The molecule has 1 aromatic rings. The van der Waals surface area contributed by atoms with Crippen LogP contribution < -0.4 is 0 Å². The van der Waals surface area contributed by atoms with Crippen LogP contribution in [0.3, 0.4) is 0 Å². The van der Waals surface area contributed by atoms with Crippen LogP contribution in [-0.4, -0.2) is 11.6 Å². The third kappa shape index (κ3) is 1.37. The van der Waals surface area contributed by atoms with E-state index in [1.54, 1.807) is 0 Å². The molecule has 72 valence electrons. The number of aromatic nitrogens is 1. The lowest BCUT2D eigenvalue weighted by Crippen LogP contribution is -2.14. The number of pyridine rings is 1. The van der Waals surface area contributed by atoms with Crippen molar-refractivity contribution in [2.45, 2.75) is 20.0 Å². The van der Waals surface area contributed by atoms with Crippen LogP contribution in [0.15, 0.2) is 0 Å². The predicted molar refractivity (Wildman–Crippen MR) is 52.1 cm³/mol. The van der Waals surface area contributed by atoms with Crippen LogP contribution in [0.1, 0.15) is 22.4 Å². The third-order valence-corrected chi connectivity index (χ3v) is 2.70. The second-order valence-electron chi connectivity index (χ2n) is 3.23. The van der Waals surface area contributed by atoms with Crippen LogP contribution in [0, 0.1) is 18.3 Å². The SMILES string of the molecule is Cc1nc(Cl)c(C#N)c2c1COCC2. The lowest BCUT2D eigenvalue weighted by molar-refractivity contribution is 0.110. The minimum absolute atomic E-state index is 0.311. The van der Waals surface area contributed by atoms with E-state index in [0.29, 0.717) is 23.9 Å². The molecule has 0 saturated heterocycles. The molecule has 0 bridgehead atoms. The molecule has 2 rings (SSSR count). The molecule has 0 amide bonds. The highest BCUT2D eigenvalue weighted by Crippen LogP contribution is 2.27. The summed E-state index contributed by atoms with van der Waals surface area (Å²) < 4.78 is 5.32. The van der Waals surface area contributed by atoms with E-state index in [-0.39, 0.29) is 0 Å². The van der Waals surface area contributed by atoms with Gasteiger partial charge in [0.2, 0.25) is 0 Å². The zero-order valence-corrected chi connectivity index (χ0v) is 8.56. The molecule has 0 aromatic carbocycles. The Balaban J connectivity index is 2.69. The van der Waals surface area contributed by atoms with Crippen molar-refractivity contribution in [3.63, 3.8) is 0 Å². The van der Waals surface area contributed by atoms with E-state index in [2.05, 4.69) is 11.1 Å². The molecule has 4 heteroatoms. The number of nitriles is 1. The number of hydrogen-bond donors (Lipinski definition) is 0. The highest BCUT2D eigenvalue weighted by molar-refractivity contribution is 6.30. The van der Waals surface area contributed by atoms with Crippen LogP contribution in [0.5, 0.6) is 0 Å². The van der Waals surface area contributed by atoms with Gasteiger partial charge in [-0.2, -0.15) is 5.26 Å². The number of fused-ring (bicyclic) bond motifs is 1. The maximum Gasteiger partial charge on any atom is 0.147 e. The first-order valence-corrected chi connectivity index (χ1v) is 4.77. The third-order valence-electron chi connectivity index (χ3n) is 2.43. The highest BCUT2D eigenvalue weighted by atomic mass is 35.5. The van der Waals surface area contributed by atoms with Gasteiger partial charge in [-0.3, -0.25) is 0 Å². The van der Waals surface area contributed by atoms with E-state index in [1.165, 1.54) is 0 Å². The number of nitrogens with zero attached hydrogens (tertiary/aromatic N) is 2. The van der Waals surface area contributed by atoms with Gasteiger partial charge in [0.1, 0.15) is 11.2 Å². The summed E-state index contributed by atoms with van der Waals surface area (Å²) in [5.74, 6) is 0. The summed E-state index contributed by atoms with van der Waals surface area (Å²) in [5, 5.41) is 9.26. The average molecular weight is 209 g/mol. The van der Waals surface area contributed by atoms with Gasteiger partial charge in [0.25, 0.3) is 0 Å². The molecule has 0 saturated carbocycles. The van der Waals surface area contributed by atoms with Gasteiger partial charge < -0.3 is 4.74 Å². The molecule has 1 aliphatic heterocycles. The Kier molecular flexibility index (Phi) is 2.40. The normalized spacial score (nSPS) is 14.6. The van der Waals surface area contributed by atoms with Crippen LogP contribution >= 0.6 is 11.6 Å². The minimum Gasteiger partial charge on any atom is -0.376 e. The molecule has 3 nitrogen and oxygen atoms in total. The van der Waals surface area contributed by atoms with Crippen molar-refractivity contribution in [3.8, 4) is 6.07 Å². The average Bonchev–Trinajstić information content (AvgIpc) is 2.18. The number of ether oxygens (including phenoxy) is 1. The molecule has 1 aromatic heterocycles. The first-order valence-electron chi connectivity index (χ1n) is 4.39. The molecule has 0 radical (unpaired) electrons. The summed E-state index contributed by atoms with van der Waals surface area (Å²) in [5.41, 5.74) is 3.41. The highest BCUT2D eigenvalue weighted by Gasteiger charge is 2.19. The molecule has 0 aliphatic carbocycles. The Morgan fingerprint density at radius 3 is 3.00 bits per heavy atom. The van der Waals surface area contributed by atoms with Crippen molar-refractivity contribution in [2.24, 2.45) is 0 Å². The molecular formula is C10H9ClN2O. The molecule has 0 N–H and O–H groups in total. The first kappa shape index (κ1) is 9.45. The number of aryl methyl sites for hydroxylation is 1. The Labute approximate surface area is 87.3 Å². The molecule has 0 unspecified atom stereocenters. The summed E-state index contributed by atoms with van der Waals surface area (Å²) in [6.07, 6.45) is 0.751. The molecule has 0 fully saturated rings. The Morgan fingerprint density at radius 2 is 2.29 bits per heavy atom. The maximum atomic E-state index is 8.95. The van der Waals surface area contributed by atoms with Crippen molar-refractivity contribution in [1.29, 1.82) is 5.26 Å². The van der Waals surface area contributed by atoms with Crippen LogP contribution in [0.4, 0.5) is 0 Å². The molecule has 0 spiro atoms. The molecule has 0 atom stereocenters. The largest absolute Gasteiger partial charge is 0.376 e. The number of hydrogen-bond acceptors (Lipinski definition) is 3. The van der Waals surface area contributed by atoms with Crippen LogP contribution in [0.25, 0.3) is 0 Å². The van der Waals surface area contributed by atoms with Crippen molar-refractivity contribution in [1.82, 2.24) is 4.98 Å². The van der Waals surface area contributed by atoms with E-state index in [0.717, 1.165) is 23.2 Å². The van der Waals surface area contributed by atoms with Gasteiger partial charge in [-0.25, -0.2) is 4.98 Å². The van der Waals surface area contributed by atoms with Crippen molar-refractivity contribution < 1.29 is 4.74 Å². The summed E-state index contributed by atoms with van der Waals surface area (Å²) in [7, 11) is 0. The Bertz CT molecular complexity index is 423.